The molecule has 1 N–H and O–H groups in total. The van der Waals surface area contributed by atoms with Crippen LogP contribution in [0.4, 0.5) is 0 Å². The molecule has 158 valence electrons. The summed E-state index contributed by atoms with van der Waals surface area (Å²) >= 11 is 0. The molecule has 1 aliphatic rings. The first-order chi connectivity index (χ1) is 14.5. The maximum Gasteiger partial charge on any atom is 0.295 e. The Morgan fingerprint density at radius 2 is 1.77 bits per heavy atom. The van der Waals surface area contributed by atoms with E-state index in [-0.39, 0.29) is 24.5 Å². The number of benzene rings is 2. The molecule has 2 aromatic rings. The number of carbonyl (C=O) groups is 2. The summed E-state index contributed by atoms with van der Waals surface area (Å²) in [5, 5.41) is 11.1. The average Bonchev–Trinajstić information content (AvgIpc) is 3.02. The molecule has 1 aliphatic heterocycles. The molecular weight excluding hydrogens is 386 g/mol. The van der Waals surface area contributed by atoms with E-state index in [0.717, 1.165) is 0 Å². The van der Waals surface area contributed by atoms with Crippen molar-refractivity contribution in [2.45, 2.75) is 13.0 Å². The third kappa shape index (κ3) is 4.02. The lowest BCUT2D eigenvalue weighted by Crippen LogP contribution is -2.32. The third-order valence-electron chi connectivity index (χ3n) is 4.95. The van der Waals surface area contributed by atoms with E-state index in [0.29, 0.717) is 29.2 Å². The molecule has 1 unspecified atom stereocenters. The van der Waals surface area contributed by atoms with Gasteiger partial charge in [0.2, 0.25) is 0 Å². The van der Waals surface area contributed by atoms with Crippen LogP contribution in [0.15, 0.2) is 54.1 Å². The number of carbonyl (C=O) groups excluding carboxylic acids is 2. The Morgan fingerprint density at radius 1 is 1.07 bits per heavy atom. The number of para-hydroxylation sites is 1. The highest BCUT2D eigenvalue weighted by atomic mass is 16.5. The predicted octanol–water partition coefficient (Wildman–Crippen LogP) is 3.16. The van der Waals surface area contributed by atoms with Crippen LogP contribution in [-0.4, -0.2) is 55.7 Å². The molecule has 3 rings (SSSR count). The van der Waals surface area contributed by atoms with E-state index in [1.807, 2.05) is 6.92 Å². The normalized spacial score (nSPS) is 18.0. The topological polar surface area (TPSA) is 85.3 Å². The summed E-state index contributed by atoms with van der Waals surface area (Å²) in [6.45, 7) is 2.89. The molecule has 0 bridgehead atoms. The summed E-state index contributed by atoms with van der Waals surface area (Å²) in [4.78, 5) is 27.1. The number of aliphatic hydroxyl groups is 1. The van der Waals surface area contributed by atoms with Gasteiger partial charge in [-0.05, 0) is 36.8 Å². The van der Waals surface area contributed by atoms with Gasteiger partial charge in [0.1, 0.15) is 17.3 Å². The first-order valence-electron chi connectivity index (χ1n) is 9.67. The second kappa shape index (κ2) is 9.45. The van der Waals surface area contributed by atoms with Crippen LogP contribution in [0.2, 0.25) is 0 Å². The van der Waals surface area contributed by atoms with Crippen LogP contribution in [0, 0.1) is 0 Å². The van der Waals surface area contributed by atoms with Gasteiger partial charge in [0.15, 0.2) is 0 Å². The molecule has 2 aromatic carbocycles. The molecule has 1 heterocycles. The van der Waals surface area contributed by atoms with Crippen LogP contribution >= 0.6 is 0 Å². The number of likely N-dealkylation sites (tertiary alicyclic amines) is 1. The molecule has 0 spiro atoms. The second-order valence-corrected chi connectivity index (χ2v) is 6.69. The summed E-state index contributed by atoms with van der Waals surface area (Å²) in [6.07, 6.45) is 0. The van der Waals surface area contributed by atoms with Gasteiger partial charge in [0.05, 0.1) is 37.5 Å². The van der Waals surface area contributed by atoms with Crippen molar-refractivity contribution in [2.75, 3.05) is 34.0 Å². The predicted molar refractivity (Wildman–Crippen MR) is 111 cm³/mol. The number of amides is 1. The zero-order valence-corrected chi connectivity index (χ0v) is 17.3. The van der Waals surface area contributed by atoms with Crippen molar-refractivity contribution in [3.63, 3.8) is 0 Å². The SMILES string of the molecule is CCOc1ccc(C2/C(=C(/O)c3ccccc3OC)C(=O)C(=O)N2CCOC)cc1. The highest BCUT2D eigenvalue weighted by Gasteiger charge is 2.46. The largest absolute Gasteiger partial charge is 0.507 e. The Bertz CT molecular complexity index is 950. The van der Waals surface area contributed by atoms with Crippen LogP contribution in [-0.2, 0) is 14.3 Å². The van der Waals surface area contributed by atoms with E-state index in [1.165, 1.54) is 19.1 Å². The number of hydrogen-bond acceptors (Lipinski definition) is 6. The maximum absolute atomic E-state index is 12.9. The fraction of sp³-hybridized carbons (Fsp3) is 0.304. The standard InChI is InChI=1S/C23H25NO6/c1-4-30-16-11-9-15(10-12-16)20-19(22(26)23(27)24(20)13-14-28-2)21(25)17-7-5-6-8-18(17)29-3/h5-12,20,25H,4,13-14H2,1-3H3/b21-19-. The number of aliphatic hydroxyl groups excluding tert-OH is 1. The fourth-order valence-corrected chi connectivity index (χ4v) is 3.55. The van der Waals surface area contributed by atoms with Crippen LogP contribution in [0.5, 0.6) is 11.5 Å². The van der Waals surface area contributed by atoms with Crippen LogP contribution < -0.4 is 9.47 Å². The van der Waals surface area contributed by atoms with Gasteiger partial charge >= 0.3 is 0 Å². The molecule has 7 nitrogen and oxygen atoms in total. The maximum atomic E-state index is 12.9. The van der Waals surface area contributed by atoms with Crippen LogP contribution in [0.1, 0.15) is 24.1 Å². The molecule has 30 heavy (non-hydrogen) atoms. The molecule has 0 aliphatic carbocycles. The second-order valence-electron chi connectivity index (χ2n) is 6.69. The van der Waals surface area contributed by atoms with E-state index < -0.39 is 17.7 Å². The fourth-order valence-electron chi connectivity index (χ4n) is 3.55. The van der Waals surface area contributed by atoms with Gasteiger partial charge < -0.3 is 24.2 Å². The van der Waals surface area contributed by atoms with Gasteiger partial charge in [0.25, 0.3) is 11.7 Å². The number of Topliss-reactive ketones (excluding diaryl/α,β-unsaturated/α-hetero) is 1. The molecule has 1 fully saturated rings. The monoisotopic (exact) mass is 411 g/mol. The lowest BCUT2D eigenvalue weighted by Gasteiger charge is -2.25. The number of methoxy groups -OCH3 is 2. The van der Waals surface area contributed by atoms with E-state index in [9.17, 15) is 14.7 Å². The van der Waals surface area contributed by atoms with Crippen molar-refractivity contribution in [3.8, 4) is 11.5 Å². The minimum atomic E-state index is -0.749. The molecule has 0 aromatic heterocycles. The van der Waals surface area contributed by atoms with Gasteiger partial charge in [-0.1, -0.05) is 24.3 Å². The zero-order valence-electron chi connectivity index (χ0n) is 17.3. The first-order valence-corrected chi connectivity index (χ1v) is 9.67. The van der Waals surface area contributed by atoms with Gasteiger partial charge in [-0.2, -0.15) is 0 Å². The summed E-state index contributed by atoms with van der Waals surface area (Å²) in [5.74, 6) is -0.608. The minimum Gasteiger partial charge on any atom is -0.507 e. The van der Waals surface area contributed by atoms with Gasteiger partial charge in [0, 0.05) is 13.7 Å². The quantitative estimate of drug-likeness (QED) is 0.408. The highest BCUT2D eigenvalue weighted by Crippen LogP contribution is 2.41. The Hall–Kier alpha value is -3.32. The number of ketones is 1. The van der Waals surface area contributed by atoms with E-state index in [4.69, 9.17) is 14.2 Å². The van der Waals surface area contributed by atoms with Gasteiger partial charge in [-0.25, -0.2) is 0 Å². The molecule has 1 atom stereocenters. The van der Waals surface area contributed by atoms with Gasteiger partial charge in [-0.3, -0.25) is 9.59 Å². The third-order valence-corrected chi connectivity index (χ3v) is 4.95. The van der Waals surface area contributed by atoms with Crippen LogP contribution in [0.25, 0.3) is 5.76 Å². The zero-order chi connectivity index (χ0) is 21.7. The Morgan fingerprint density at radius 3 is 2.40 bits per heavy atom. The summed E-state index contributed by atoms with van der Waals surface area (Å²) in [5.41, 5.74) is 1.05. The van der Waals surface area contributed by atoms with Crippen LogP contribution in [0.3, 0.4) is 0 Å². The molecule has 0 radical (unpaired) electrons. The molecule has 7 heteroatoms. The number of nitrogens with zero attached hydrogens (tertiary/aromatic N) is 1. The van der Waals surface area contributed by atoms with Crippen molar-refractivity contribution in [1.82, 2.24) is 4.90 Å². The average molecular weight is 411 g/mol. The first kappa shape index (κ1) is 21.4. The summed E-state index contributed by atoms with van der Waals surface area (Å²) < 4.78 is 15.9. The van der Waals surface area contributed by atoms with Crippen molar-refractivity contribution in [2.24, 2.45) is 0 Å². The molecule has 1 amide bonds. The van der Waals surface area contributed by atoms with E-state index >= 15 is 0 Å². The van der Waals surface area contributed by atoms with Crippen molar-refractivity contribution < 1.29 is 28.9 Å². The Balaban J connectivity index is 2.15. The number of ether oxygens (including phenoxy) is 3. The summed E-state index contributed by atoms with van der Waals surface area (Å²) in [6, 6.07) is 13.2. The van der Waals surface area contributed by atoms with E-state index in [1.54, 1.807) is 48.5 Å². The Labute approximate surface area is 175 Å². The van der Waals surface area contributed by atoms with Crippen molar-refractivity contribution in [3.05, 3.63) is 65.2 Å². The number of rotatable bonds is 8. The summed E-state index contributed by atoms with van der Waals surface area (Å²) in [7, 11) is 3.00. The minimum absolute atomic E-state index is 0.0183. The smallest absolute Gasteiger partial charge is 0.295 e. The molecule has 1 saturated heterocycles. The number of hydrogen-bond donors (Lipinski definition) is 1. The van der Waals surface area contributed by atoms with Crippen molar-refractivity contribution in [1.29, 1.82) is 0 Å². The van der Waals surface area contributed by atoms with Gasteiger partial charge in [-0.15, -0.1) is 0 Å². The van der Waals surface area contributed by atoms with Crippen molar-refractivity contribution >= 4 is 17.4 Å². The Kier molecular flexibility index (Phi) is 6.74. The lowest BCUT2D eigenvalue weighted by atomic mass is 9.95. The molecular formula is C23H25NO6. The highest BCUT2D eigenvalue weighted by molar-refractivity contribution is 6.46. The van der Waals surface area contributed by atoms with E-state index in [2.05, 4.69) is 0 Å². The molecule has 0 saturated carbocycles. The lowest BCUT2D eigenvalue weighted by molar-refractivity contribution is -0.140.